The molecule has 0 rings (SSSR count). The first-order valence-corrected chi connectivity index (χ1v) is 5.24. The molecular weight excluding hydrogens is 216 g/mol. The molecule has 0 bridgehead atoms. The van der Waals surface area contributed by atoms with E-state index in [1.54, 1.807) is 14.0 Å². The van der Waals surface area contributed by atoms with Crippen molar-refractivity contribution >= 4 is 16.8 Å². The van der Waals surface area contributed by atoms with Crippen molar-refractivity contribution in [2.24, 2.45) is 10.2 Å². The van der Waals surface area contributed by atoms with E-state index in [9.17, 15) is 4.79 Å². The third kappa shape index (κ3) is 7.45. The monoisotopic (exact) mass is 234 g/mol. The Kier molecular flexibility index (Phi) is 5.38. The van der Waals surface area contributed by atoms with Crippen LogP contribution >= 0.6 is 11.6 Å². The first kappa shape index (κ1) is 14.5. The van der Waals surface area contributed by atoms with Crippen LogP contribution in [-0.2, 0) is 9.53 Å². The molecule has 0 saturated carbocycles. The minimum Gasteiger partial charge on any atom is -0.356 e. The standard InChI is InChI=1S/C10H19ClN2O2/c1-9(2,3)12-13-10(4,15-5)7-6-8(11)14/h6-7H2,1-5H3/b13-12+. The van der Waals surface area contributed by atoms with Crippen molar-refractivity contribution in [2.45, 2.75) is 51.8 Å². The molecule has 1 unspecified atom stereocenters. The van der Waals surface area contributed by atoms with Crippen molar-refractivity contribution in [1.29, 1.82) is 0 Å². The number of hydrogen-bond acceptors (Lipinski definition) is 4. The van der Waals surface area contributed by atoms with Crippen LogP contribution in [0.2, 0.25) is 0 Å². The summed E-state index contributed by atoms with van der Waals surface area (Å²) < 4.78 is 5.21. The minimum atomic E-state index is -0.766. The highest BCUT2D eigenvalue weighted by molar-refractivity contribution is 6.63. The Bertz CT molecular complexity index is 248. The molecule has 4 nitrogen and oxygen atoms in total. The lowest BCUT2D eigenvalue weighted by Crippen LogP contribution is -2.26. The molecule has 1 atom stereocenters. The third-order valence-electron chi connectivity index (χ3n) is 1.79. The summed E-state index contributed by atoms with van der Waals surface area (Å²) in [5, 5.41) is 7.85. The van der Waals surface area contributed by atoms with Crippen LogP contribution in [0.1, 0.15) is 40.5 Å². The fourth-order valence-electron chi connectivity index (χ4n) is 0.779. The summed E-state index contributed by atoms with van der Waals surface area (Å²) in [6.07, 6.45) is 0.667. The largest absolute Gasteiger partial charge is 0.356 e. The number of nitrogens with zero attached hydrogens (tertiary/aromatic N) is 2. The van der Waals surface area contributed by atoms with E-state index < -0.39 is 5.72 Å². The van der Waals surface area contributed by atoms with Gasteiger partial charge in [0, 0.05) is 20.0 Å². The number of halogens is 1. The number of ether oxygens (including phenoxy) is 1. The molecule has 0 aromatic rings. The zero-order valence-corrected chi connectivity index (χ0v) is 10.8. The van der Waals surface area contributed by atoms with Gasteiger partial charge in [0.1, 0.15) is 0 Å². The maximum absolute atomic E-state index is 10.6. The smallest absolute Gasteiger partial charge is 0.221 e. The predicted octanol–water partition coefficient (Wildman–Crippen LogP) is 3.15. The predicted molar refractivity (Wildman–Crippen MR) is 60.1 cm³/mol. The van der Waals surface area contributed by atoms with Gasteiger partial charge in [-0.2, -0.15) is 10.2 Å². The molecule has 0 radical (unpaired) electrons. The zero-order chi connectivity index (χ0) is 12.1. The summed E-state index contributed by atoms with van der Waals surface area (Å²) in [7, 11) is 1.54. The summed E-state index contributed by atoms with van der Waals surface area (Å²) >= 11 is 5.26. The molecule has 0 N–H and O–H groups in total. The first-order chi connectivity index (χ1) is 6.68. The van der Waals surface area contributed by atoms with Gasteiger partial charge in [-0.15, -0.1) is 0 Å². The van der Waals surface area contributed by atoms with Gasteiger partial charge >= 0.3 is 0 Å². The van der Waals surface area contributed by atoms with Crippen LogP contribution in [0.25, 0.3) is 0 Å². The van der Waals surface area contributed by atoms with Gasteiger partial charge in [0.2, 0.25) is 5.24 Å². The summed E-state index contributed by atoms with van der Waals surface area (Å²) in [5.74, 6) is 0. The van der Waals surface area contributed by atoms with E-state index in [1.807, 2.05) is 20.8 Å². The van der Waals surface area contributed by atoms with E-state index in [1.165, 1.54) is 0 Å². The fourth-order valence-corrected chi connectivity index (χ4v) is 0.873. The van der Waals surface area contributed by atoms with Crippen LogP contribution in [0.5, 0.6) is 0 Å². The maximum atomic E-state index is 10.6. The lowest BCUT2D eigenvalue weighted by Gasteiger charge is -2.23. The van der Waals surface area contributed by atoms with Gasteiger partial charge in [-0.25, -0.2) is 0 Å². The van der Waals surface area contributed by atoms with Crippen molar-refractivity contribution in [3.05, 3.63) is 0 Å². The van der Waals surface area contributed by atoms with Gasteiger partial charge in [0.15, 0.2) is 5.72 Å². The summed E-state index contributed by atoms with van der Waals surface area (Å²) in [4.78, 5) is 10.6. The van der Waals surface area contributed by atoms with Crippen molar-refractivity contribution in [2.75, 3.05) is 7.11 Å². The summed E-state index contributed by atoms with van der Waals surface area (Å²) in [6, 6.07) is 0. The maximum Gasteiger partial charge on any atom is 0.221 e. The summed E-state index contributed by atoms with van der Waals surface area (Å²) in [5.41, 5.74) is -1.01. The molecule has 0 aromatic carbocycles. The Labute approximate surface area is 96.0 Å². The molecule has 0 amide bonds. The highest BCUT2D eigenvalue weighted by Gasteiger charge is 2.24. The number of azo groups is 1. The zero-order valence-electron chi connectivity index (χ0n) is 10.0. The van der Waals surface area contributed by atoms with E-state index in [0.717, 1.165) is 0 Å². The number of methoxy groups -OCH3 is 1. The van der Waals surface area contributed by atoms with Crippen LogP contribution in [0, 0.1) is 0 Å². The SMILES string of the molecule is COC(C)(CCC(=O)Cl)/N=N/C(C)(C)C. The summed E-state index contributed by atoms with van der Waals surface area (Å²) in [6.45, 7) is 7.61. The number of rotatable bonds is 5. The molecule has 0 aromatic heterocycles. The Balaban J connectivity index is 4.43. The van der Waals surface area contributed by atoms with Crippen molar-refractivity contribution in [1.82, 2.24) is 0 Å². The Morgan fingerprint density at radius 2 is 1.80 bits per heavy atom. The normalized spacial score (nSPS) is 16.7. The van der Waals surface area contributed by atoms with Gasteiger partial charge < -0.3 is 4.74 Å². The molecular formula is C10H19ClN2O2. The van der Waals surface area contributed by atoms with Crippen molar-refractivity contribution < 1.29 is 9.53 Å². The molecule has 0 heterocycles. The van der Waals surface area contributed by atoms with E-state index in [-0.39, 0.29) is 17.2 Å². The molecule has 0 aliphatic carbocycles. The van der Waals surface area contributed by atoms with E-state index in [2.05, 4.69) is 10.2 Å². The lowest BCUT2D eigenvalue weighted by atomic mass is 10.1. The molecule has 5 heteroatoms. The first-order valence-electron chi connectivity index (χ1n) is 4.86. The van der Waals surface area contributed by atoms with Crippen LogP contribution in [-0.4, -0.2) is 23.6 Å². The molecule has 88 valence electrons. The fraction of sp³-hybridized carbons (Fsp3) is 0.900. The minimum absolute atomic E-state index is 0.231. The average molecular weight is 235 g/mol. The molecule has 0 aliphatic heterocycles. The highest BCUT2D eigenvalue weighted by Crippen LogP contribution is 2.22. The van der Waals surface area contributed by atoms with Crippen LogP contribution in [0.3, 0.4) is 0 Å². The third-order valence-corrected chi connectivity index (χ3v) is 1.98. The van der Waals surface area contributed by atoms with E-state index in [4.69, 9.17) is 16.3 Å². The molecule has 0 fully saturated rings. The van der Waals surface area contributed by atoms with Gasteiger partial charge in [-0.3, -0.25) is 4.79 Å². The highest BCUT2D eigenvalue weighted by atomic mass is 35.5. The van der Waals surface area contributed by atoms with Gasteiger partial charge in [0.05, 0.1) is 5.54 Å². The second-order valence-electron chi connectivity index (χ2n) is 4.61. The van der Waals surface area contributed by atoms with Gasteiger partial charge in [0.25, 0.3) is 0 Å². The van der Waals surface area contributed by atoms with E-state index in [0.29, 0.717) is 6.42 Å². The molecule has 0 saturated heterocycles. The average Bonchev–Trinajstić information content (AvgIpc) is 2.10. The quantitative estimate of drug-likeness (QED) is 0.542. The van der Waals surface area contributed by atoms with Crippen molar-refractivity contribution in [3.8, 4) is 0 Å². The van der Waals surface area contributed by atoms with E-state index >= 15 is 0 Å². The van der Waals surface area contributed by atoms with Gasteiger partial charge in [-0.1, -0.05) is 0 Å². The topological polar surface area (TPSA) is 51.0 Å². The van der Waals surface area contributed by atoms with Crippen LogP contribution in [0.15, 0.2) is 10.2 Å². The Morgan fingerprint density at radius 3 is 2.13 bits per heavy atom. The second-order valence-corrected chi connectivity index (χ2v) is 5.03. The number of carbonyl (C=O) groups excluding carboxylic acids is 1. The lowest BCUT2D eigenvalue weighted by molar-refractivity contribution is -0.113. The van der Waals surface area contributed by atoms with Crippen LogP contribution in [0.4, 0.5) is 0 Å². The Hall–Kier alpha value is -0.480. The van der Waals surface area contributed by atoms with Gasteiger partial charge in [-0.05, 0) is 39.3 Å². The molecule has 15 heavy (non-hydrogen) atoms. The van der Waals surface area contributed by atoms with Crippen molar-refractivity contribution in [3.63, 3.8) is 0 Å². The van der Waals surface area contributed by atoms with Crippen LogP contribution < -0.4 is 0 Å². The molecule has 0 aliphatic rings. The number of hydrogen-bond donors (Lipinski definition) is 0. The Morgan fingerprint density at radius 1 is 1.27 bits per heavy atom. The molecule has 0 spiro atoms. The number of carbonyl (C=O) groups is 1. The second kappa shape index (κ2) is 5.56.